The molecule has 2 aromatic heterocycles. The number of aryl methyl sites for hydroxylation is 1. The molecule has 0 radical (unpaired) electrons. The maximum atomic E-state index is 12.6. The molecule has 2 saturated heterocycles. The number of amides is 1. The molecule has 2 aliphatic heterocycles. The molecule has 0 bridgehead atoms. The van der Waals surface area contributed by atoms with Gasteiger partial charge in [0, 0.05) is 52.1 Å². The summed E-state index contributed by atoms with van der Waals surface area (Å²) in [5, 5.41) is 5.80. The number of thiophene rings is 1. The second kappa shape index (κ2) is 10.9. The van der Waals surface area contributed by atoms with Crippen molar-refractivity contribution in [2.24, 2.45) is 0 Å². The molecule has 172 valence electrons. The van der Waals surface area contributed by atoms with Crippen LogP contribution in [0.1, 0.15) is 37.4 Å². The lowest BCUT2D eigenvalue weighted by molar-refractivity contribution is -0.132. The number of nitrogens with zero attached hydrogens (tertiary/aromatic N) is 5. The summed E-state index contributed by atoms with van der Waals surface area (Å²) in [5.74, 6) is 1.21. The Balaban J connectivity index is 0.00000272. The summed E-state index contributed by atoms with van der Waals surface area (Å²) in [6.07, 6.45) is 4.21. The van der Waals surface area contributed by atoms with E-state index in [2.05, 4.69) is 15.0 Å². The summed E-state index contributed by atoms with van der Waals surface area (Å²) in [4.78, 5) is 20.7. The molecule has 0 atom stereocenters. The van der Waals surface area contributed by atoms with Crippen molar-refractivity contribution in [3.8, 4) is 0 Å². The minimum Gasteiger partial charge on any atom is -0.343 e. The molecule has 9 nitrogen and oxygen atoms in total. The fourth-order valence-electron chi connectivity index (χ4n) is 3.84. The Hall–Kier alpha value is -1.53. The Bertz CT molecular complexity index is 936. The van der Waals surface area contributed by atoms with Crippen molar-refractivity contribution in [2.75, 3.05) is 39.3 Å². The Labute approximate surface area is 192 Å². The zero-order valence-electron chi connectivity index (χ0n) is 17.3. The van der Waals surface area contributed by atoms with Gasteiger partial charge >= 0.3 is 0 Å². The lowest BCUT2D eigenvalue weighted by atomic mass is 10.1. The van der Waals surface area contributed by atoms with E-state index in [1.165, 1.54) is 22.1 Å². The lowest BCUT2D eigenvalue weighted by Crippen LogP contribution is -2.48. The smallest absolute Gasteiger partial charge is 0.252 e. The molecule has 0 N–H and O–H groups in total. The predicted molar refractivity (Wildman–Crippen MR) is 119 cm³/mol. The Morgan fingerprint density at radius 2 is 1.84 bits per heavy atom. The average molecular weight is 490 g/mol. The van der Waals surface area contributed by atoms with E-state index in [0.717, 1.165) is 25.9 Å². The third-order valence-electron chi connectivity index (χ3n) is 5.56. The van der Waals surface area contributed by atoms with Crippen molar-refractivity contribution in [1.82, 2.24) is 24.2 Å². The number of piperidine rings is 1. The monoisotopic (exact) mass is 489 g/mol. The van der Waals surface area contributed by atoms with Crippen LogP contribution in [0.4, 0.5) is 0 Å². The van der Waals surface area contributed by atoms with Crippen LogP contribution in [0.25, 0.3) is 0 Å². The number of carbonyl (C=O) groups is 1. The molecular formula is C19H28ClN5O4S2. The van der Waals surface area contributed by atoms with Gasteiger partial charge in [0.2, 0.25) is 11.8 Å². The second-order valence-corrected chi connectivity index (χ2v) is 10.8. The van der Waals surface area contributed by atoms with E-state index in [-0.39, 0.29) is 18.3 Å². The fraction of sp³-hybridized carbons (Fsp3) is 0.632. The highest BCUT2D eigenvalue weighted by molar-refractivity contribution is 7.91. The third kappa shape index (κ3) is 6.04. The van der Waals surface area contributed by atoms with Gasteiger partial charge in [0.15, 0.2) is 5.82 Å². The van der Waals surface area contributed by atoms with Crippen LogP contribution in [0.2, 0.25) is 0 Å². The first-order valence-electron chi connectivity index (χ1n) is 10.4. The predicted octanol–water partition coefficient (Wildman–Crippen LogP) is 2.00. The van der Waals surface area contributed by atoms with Crippen molar-refractivity contribution in [3.05, 3.63) is 29.2 Å². The topological polar surface area (TPSA) is 99.9 Å². The van der Waals surface area contributed by atoms with Gasteiger partial charge in [-0.1, -0.05) is 11.2 Å². The van der Waals surface area contributed by atoms with E-state index in [1.54, 1.807) is 17.5 Å². The molecule has 2 aromatic rings. The first kappa shape index (κ1) is 24.1. The molecular weight excluding hydrogens is 462 g/mol. The largest absolute Gasteiger partial charge is 0.343 e. The second-order valence-electron chi connectivity index (χ2n) is 7.66. The molecule has 2 fully saturated rings. The summed E-state index contributed by atoms with van der Waals surface area (Å²) < 4.78 is 32.4. The Morgan fingerprint density at radius 1 is 1.10 bits per heavy atom. The zero-order chi connectivity index (χ0) is 21.0. The van der Waals surface area contributed by atoms with Crippen LogP contribution in [-0.4, -0.2) is 77.8 Å². The van der Waals surface area contributed by atoms with Crippen LogP contribution in [0.5, 0.6) is 0 Å². The van der Waals surface area contributed by atoms with E-state index >= 15 is 0 Å². The highest BCUT2D eigenvalue weighted by Gasteiger charge is 2.29. The normalized spacial score (nSPS) is 18.6. The molecule has 1 amide bonds. The first-order chi connectivity index (χ1) is 14.5. The molecule has 4 heterocycles. The van der Waals surface area contributed by atoms with Crippen LogP contribution in [0.3, 0.4) is 0 Å². The van der Waals surface area contributed by atoms with Gasteiger partial charge in [-0.3, -0.25) is 9.69 Å². The molecule has 0 unspecified atom stereocenters. The van der Waals surface area contributed by atoms with Crippen LogP contribution < -0.4 is 0 Å². The molecule has 0 aliphatic carbocycles. The van der Waals surface area contributed by atoms with Gasteiger partial charge < -0.3 is 9.42 Å². The summed E-state index contributed by atoms with van der Waals surface area (Å²) in [7, 11) is -3.40. The van der Waals surface area contributed by atoms with E-state index in [4.69, 9.17) is 4.52 Å². The van der Waals surface area contributed by atoms with Gasteiger partial charge in [0.05, 0.1) is 6.54 Å². The SMILES string of the molecule is Cl.O=C(CCc1nc(CN2CCN(S(=O)(=O)c3cccs3)CC2)no1)N1CCCCC1. The maximum Gasteiger partial charge on any atom is 0.252 e. The van der Waals surface area contributed by atoms with Gasteiger partial charge in [-0.2, -0.15) is 9.29 Å². The van der Waals surface area contributed by atoms with Crippen LogP contribution >= 0.6 is 23.7 Å². The van der Waals surface area contributed by atoms with Crippen LogP contribution in [0.15, 0.2) is 26.2 Å². The fourth-order valence-corrected chi connectivity index (χ4v) is 6.40. The van der Waals surface area contributed by atoms with Crippen LogP contribution in [-0.2, 0) is 27.8 Å². The van der Waals surface area contributed by atoms with E-state index in [0.29, 0.717) is 61.5 Å². The maximum absolute atomic E-state index is 12.6. The number of rotatable bonds is 7. The first-order valence-corrected chi connectivity index (χ1v) is 12.7. The minimum absolute atomic E-state index is 0. The highest BCUT2D eigenvalue weighted by Crippen LogP contribution is 2.22. The van der Waals surface area contributed by atoms with Gasteiger partial charge in [-0.15, -0.1) is 23.7 Å². The standard InChI is InChI=1S/C19H27N5O4S2.ClH/c25-18(23-8-2-1-3-9-23)7-6-17-20-16(21-28-17)15-22-10-12-24(13-11-22)30(26,27)19-5-4-14-29-19;/h4-5,14H,1-3,6-13,15H2;1H. The minimum atomic E-state index is -3.40. The van der Waals surface area contributed by atoms with Crippen LogP contribution in [0, 0.1) is 0 Å². The number of halogens is 1. The number of carbonyl (C=O) groups excluding carboxylic acids is 1. The lowest BCUT2D eigenvalue weighted by Gasteiger charge is -2.32. The molecule has 12 heteroatoms. The summed E-state index contributed by atoms with van der Waals surface area (Å²) in [5.41, 5.74) is 0. The van der Waals surface area contributed by atoms with Crippen molar-refractivity contribution in [1.29, 1.82) is 0 Å². The third-order valence-corrected chi connectivity index (χ3v) is 8.83. The number of hydrogen-bond acceptors (Lipinski definition) is 8. The van der Waals surface area contributed by atoms with Crippen molar-refractivity contribution in [3.63, 3.8) is 0 Å². The number of likely N-dealkylation sites (tertiary alicyclic amines) is 1. The zero-order valence-corrected chi connectivity index (χ0v) is 19.8. The van der Waals surface area contributed by atoms with Gasteiger partial charge in [0.25, 0.3) is 10.0 Å². The number of hydrogen-bond donors (Lipinski definition) is 0. The molecule has 0 aromatic carbocycles. The summed E-state index contributed by atoms with van der Waals surface area (Å²) >= 11 is 1.24. The summed E-state index contributed by atoms with van der Waals surface area (Å²) in [6.45, 7) is 4.31. The molecule has 0 spiro atoms. The molecule has 2 aliphatic rings. The number of aromatic nitrogens is 2. The van der Waals surface area contributed by atoms with E-state index in [1.807, 2.05) is 4.90 Å². The van der Waals surface area contributed by atoms with Gasteiger partial charge in [-0.25, -0.2) is 8.42 Å². The molecule has 0 saturated carbocycles. The Kier molecular flexibility index (Phi) is 8.45. The average Bonchev–Trinajstić information content (AvgIpc) is 3.46. The number of sulfonamides is 1. The van der Waals surface area contributed by atoms with Crippen molar-refractivity contribution in [2.45, 2.75) is 42.9 Å². The van der Waals surface area contributed by atoms with Crippen molar-refractivity contribution < 1.29 is 17.7 Å². The molecule has 4 rings (SSSR count). The van der Waals surface area contributed by atoms with E-state index in [9.17, 15) is 13.2 Å². The van der Waals surface area contributed by atoms with Gasteiger partial charge in [-0.05, 0) is 30.7 Å². The molecule has 31 heavy (non-hydrogen) atoms. The quantitative estimate of drug-likeness (QED) is 0.586. The Morgan fingerprint density at radius 3 is 2.52 bits per heavy atom. The highest BCUT2D eigenvalue weighted by atomic mass is 35.5. The number of piperazine rings is 1. The van der Waals surface area contributed by atoms with E-state index < -0.39 is 10.0 Å². The van der Waals surface area contributed by atoms with Gasteiger partial charge in [0.1, 0.15) is 4.21 Å². The summed E-state index contributed by atoms with van der Waals surface area (Å²) in [6, 6.07) is 3.39. The van der Waals surface area contributed by atoms with Crippen molar-refractivity contribution >= 4 is 39.7 Å².